The molecule has 1 aliphatic carbocycles. The molecule has 0 fully saturated rings. The van der Waals surface area contributed by atoms with Crippen molar-refractivity contribution in [2.24, 2.45) is 0 Å². The van der Waals surface area contributed by atoms with Gasteiger partial charge in [0.1, 0.15) is 0 Å². The van der Waals surface area contributed by atoms with E-state index in [-0.39, 0.29) is 11.9 Å². The van der Waals surface area contributed by atoms with Crippen molar-refractivity contribution in [3.05, 3.63) is 53.9 Å². The van der Waals surface area contributed by atoms with Gasteiger partial charge >= 0.3 is 0 Å². The van der Waals surface area contributed by atoms with Crippen molar-refractivity contribution in [1.29, 1.82) is 0 Å². The molecule has 1 aromatic heterocycles. The number of carbonyl (C=O) groups excluding carboxylic acids is 1. The van der Waals surface area contributed by atoms with Gasteiger partial charge in [-0.2, -0.15) is 0 Å². The molecule has 108 valence electrons. The lowest BCUT2D eigenvalue weighted by Crippen LogP contribution is -2.10. The second-order valence-corrected chi connectivity index (χ2v) is 5.26. The minimum absolute atomic E-state index is 0.0321. The first-order chi connectivity index (χ1) is 10.3. The molecular weight excluding hydrogens is 262 g/mol. The predicted molar refractivity (Wildman–Crippen MR) is 84.3 cm³/mol. The molecule has 0 radical (unpaired) electrons. The normalized spacial score (nSPS) is 16.3. The van der Waals surface area contributed by atoms with E-state index in [2.05, 4.69) is 21.7 Å². The molecule has 4 heteroatoms. The number of pyridine rings is 1. The zero-order valence-electron chi connectivity index (χ0n) is 12.1. The van der Waals surface area contributed by atoms with Crippen LogP contribution in [0.1, 0.15) is 37.1 Å². The molecule has 21 heavy (non-hydrogen) atoms. The van der Waals surface area contributed by atoms with Crippen molar-refractivity contribution in [3.8, 4) is 0 Å². The average Bonchev–Trinajstić information content (AvgIpc) is 2.92. The number of aryl methyl sites for hydroxylation is 1. The van der Waals surface area contributed by atoms with Gasteiger partial charge < -0.3 is 10.6 Å². The lowest BCUT2D eigenvalue weighted by Gasteiger charge is -2.15. The fraction of sp³-hybridized carbons (Fsp3) is 0.294. The second-order valence-electron chi connectivity index (χ2n) is 5.26. The maximum absolute atomic E-state index is 11.3. The van der Waals surface area contributed by atoms with Crippen molar-refractivity contribution < 1.29 is 4.79 Å². The van der Waals surface area contributed by atoms with Crippen LogP contribution >= 0.6 is 0 Å². The van der Waals surface area contributed by atoms with E-state index in [1.807, 2.05) is 43.5 Å². The highest BCUT2D eigenvalue weighted by molar-refractivity contribution is 5.90. The predicted octanol–water partition coefficient (Wildman–Crippen LogP) is 3.53. The number of fused-ring (bicyclic) bond motifs is 1. The number of amides is 1. The summed E-state index contributed by atoms with van der Waals surface area (Å²) in [4.78, 5) is 15.8. The first kappa shape index (κ1) is 13.6. The zero-order chi connectivity index (χ0) is 14.7. The molecule has 0 aliphatic heterocycles. The van der Waals surface area contributed by atoms with Crippen LogP contribution in [-0.4, -0.2) is 10.9 Å². The third-order valence-corrected chi connectivity index (χ3v) is 3.79. The van der Waals surface area contributed by atoms with E-state index in [1.165, 1.54) is 5.56 Å². The van der Waals surface area contributed by atoms with Crippen LogP contribution in [0, 0.1) is 0 Å². The minimum atomic E-state index is 0.0321. The van der Waals surface area contributed by atoms with E-state index in [9.17, 15) is 4.79 Å². The van der Waals surface area contributed by atoms with Crippen LogP contribution in [0.2, 0.25) is 0 Å². The number of carbonyl (C=O) groups is 1. The Kier molecular flexibility index (Phi) is 3.86. The van der Waals surface area contributed by atoms with E-state index in [0.29, 0.717) is 6.42 Å². The van der Waals surface area contributed by atoms with Gasteiger partial charge in [-0.3, -0.25) is 9.78 Å². The van der Waals surface area contributed by atoms with Crippen LogP contribution in [0.25, 0.3) is 0 Å². The number of nitrogens with zero attached hydrogens (tertiary/aromatic N) is 1. The molecule has 0 bridgehead atoms. The molecule has 0 saturated carbocycles. The van der Waals surface area contributed by atoms with Crippen LogP contribution in [-0.2, 0) is 11.2 Å². The van der Waals surface area contributed by atoms with E-state index >= 15 is 0 Å². The fourth-order valence-electron chi connectivity index (χ4n) is 2.65. The van der Waals surface area contributed by atoms with Crippen LogP contribution in [0.15, 0.2) is 42.6 Å². The number of hydrogen-bond acceptors (Lipinski definition) is 3. The summed E-state index contributed by atoms with van der Waals surface area (Å²) < 4.78 is 0. The number of rotatable bonds is 4. The van der Waals surface area contributed by atoms with Gasteiger partial charge in [-0.1, -0.05) is 13.0 Å². The Labute approximate surface area is 124 Å². The molecular formula is C17H19N3O. The van der Waals surface area contributed by atoms with Gasteiger partial charge in [0, 0.05) is 24.0 Å². The summed E-state index contributed by atoms with van der Waals surface area (Å²) in [6, 6.07) is 12.2. The second kappa shape index (κ2) is 5.95. The lowest BCUT2D eigenvalue weighted by atomic mass is 10.2. The Bertz CT molecular complexity index is 637. The van der Waals surface area contributed by atoms with E-state index < -0.39 is 0 Å². The first-order valence-corrected chi connectivity index (χ1v) is 7.36. The van der Waals surface area contributed by atoms with Crippen LogP contribution in [0.5, 0.6) is 0 Å². The zero-order valence-corrected chi connectivity index (χ0v) is 12.1. The van der Waals surface area contributed by atoms with Gasteiger partial charge in [0.05, 0.1) is 11.7 Å². The molecule has 2 aromatic rings. The van der Waals surface area contributed by atoms with Crippen molar-refractivity contribution in [2.75, 3.05) is 10.6 Å². The Morgan fingerprint density at radius 3 is 2.76 bits per heavy atom. The summed E-state index contributed by atoms with van der Waals surface area (Å²) in [6.07, 6.45) is 4.49. The highest BCUT2D eigenvalue weighted by Crippen LogP contribution is 2.32. The van der Waals surface area contributed by atoms with Crippen LogP contribution in [0.3, 0.4) is 0 Å². The summed E-state index contributed by atoms with van der Waals surface area (Å²) in [5, 5.41) is 6.37. The molecule has 3 rings (SSSR count). The van der Waals surface area contributed by atoms with Gasteiger partial charge in [0.25, 0.3) is 0 Å². The van der Waals surface area contributed by atoms with Crippen LogP contribution < -0.4 is 10.6 Å². The van der Waals surface area contributed by atoms with Crippen molar-refractivity contribution in [1.82, 2.24) is 4.98 Å². The molecule has 1 aliphatic rings. The summed E-state index contributed by atoms with van der Waals surface area (Å²) in [5.41, 5.74) is 4.37. The van der Waals surface area contributed by atoms with Gasteiger partial charge in [-0.25, -0.2) is 0 Å². The molecule has 1 heterocycles. The van der Waals surface area contributed by atoms with Crippen LogP contribution in [0.4, 0.5) is 11.4 Å². The van der Waals surface area contributed by atoms with E-state index in [4.69, 9.17) is 0 Å². The number of nitrogens with one attached hydrogen (secondary N) is 2. The topological polar surface area (TPSA) is 54.0 Å². The maximum Gasteiger partial charge on any atom is 0.224 e. The Morgan fingerprint density at radius 1 is 1.24 bits per heavy atom. The largest absolute Gasteiger partial charge is 0.377 e. The van der Waals surface area contributed by atoms with Crippen molar-refractivity contribution >= 4 is 17.3 Å². The Morgan fingerprint density at radius 2 is 2.00 bits per heavy atom. The molecule has 1 amide bonds. The molecule has 2 N–H and O–H groups in total. The molecule has 0 spiro atoms. The molecule has 1 unspecified atom stereocenters. The Balaban J connectivity index is 1.68. The molecule has 0 saturated heterocycles. The van der Waals surface area contributed by atoms with E-state index in [0.717, 1.165) is 29.9 Å². The highest BCUT2D eigenvalue weighted by Gasteiger charge is 2.23. The number of benzene rings is 1. The van der Waals surface area contributed by atoms with Gasteiger partial charge in [0.15, 0.2) is 0 Å². The van der Waals surface area contributed by atoms with Gasteiger partial charge in [-0.05, 0) is 48.7 Å². The molecule has 1 atom stereocenters. The highest BCUT2D eigenvalue weighted by atomic mass is 16.1. The smallest absolute Gasteiger partial charge is 0.224 e. The molecule has 4 nitrogen and oxygen atoms in total. The standard InChI is InChI=1S/C17H19N3O/c1-2-16(21)20-14-8-6-13(7-9-14)19-15-10-5-12-4-3-11-18-17(12)15/h3-4,6-9,11,15,19H,2,5,10H2,1H3,(H,20,21). The monoisotopic (exact) mass is 281 g/mol. The summed E-state index contributed by atoms with van der Waals surface area (Å²) >= 11 is 0. The lowest BCUT2D eigenvalue weighted by molar-refractivity contribution is -0.115. The maximum atomic E-state index is 11.3. The summed E-state index contributed by atoms with van der Waals surface area (Å²) in [5.74, 6) is 0.0321. The first-order valence-electron chi connectivity index (χ1n) is 7.36. The third-order valence-electron chi connectivity index (χ3n) is 3.79. The number of hydrogen-bond donors (Lipinski definition) is 2. The summed E-state index contributed by atoms with van der Waals surface area (Å²) in [6.45, 7) is 1.84. The third kappa shape index (κ3) is 3.05. The van der Waals surface area contributed by atoms with Gasteiger partial charge in [-0.15, -0.1) is 0 Å². The van der Waals surface area contributed by atoms with E-state index in [1.54, 1.807) is 0 Å². The summed E-state index contributed by atoms with van der Waals surface area (Å²) in [7, 11) is 0. The number of aromatic nitrogens is 1. The minimum Gasteiger partial charge on any atom is -0.377 e. The number of anilines is 2. The van der Waals surface area contributed by atoms with Crippen molar-refractivity contribution in [2.45, 2.75) is 32.2 Å². The molecule has 1 aromatic carbocycles. The SMILES string of the molecule is CCC(=O)Nc1ccc(NC2CCc3cccnc32)cc1. The van der Waals surface area contributed by atoms with Gasteiger partial charge in [0.2, 0.25) is 5.91 Å². The average molecular weight is 281 g/mol. The quantitative estimate of drug-likeness (QED) is 0.901. The Hall–Kier alpha value is -2.36. The van der Waals surface area contributed by atoms with Crippen molar-refractivity contribution in [3.63, 3.8) is 0 Å². The fourth-order valence-corrected chi connectivity index (χ4v) is 2.65.